The van der Waals surface area contributed by atoms with Gasteiger partial charge in [-0.15, -0.1) is 0 Å². The Morgan fingerprint density at radius 3 is 2.45 bits per heavy atom. The van der Waals surface area contributed by atoms with E-state index in [9.17, 15) is 4.39 Å². The Kier molecular flexibility index (Phi) is 4.82. The van der Waals surface area contributed by atoms with Gasteiger partial charge in [0.2, 0.25) is 0 Å². The van der Waals surface area contributed by atoms with E-state index in [1.807, 2.05) is 12.1 Å². The molecule has 2 nitrogen and oxygen atoms in total. The average molecular weight is 278 g/mol. The van der Waals surface area contributed by atoms with Crippen LogP contribution in [-0.4, -0.2) is 30.1 Å². The maximum absolute atomic E-state index is 13.0. The fourth-order valence-corrected chi connectivity index (χ4v) is 2.86. The van der Waals surface area contributed by atoms with Gasteiger partial charge < -0.3 is 5.32 Å². The summed E-state index contributed by atoms with van der Waals surface area (Å²) in [6.45, 7) is 12.1. The Balaban J connectivity index is 2.07. The van der Waals surface area contributed by atoms with Gasteiger partial charge in [-0.2, -0.15) is 0 Å². The first kappa shape index (κ1) is 15.5. The van der Waals surface area contributed by atoms with Crippen molar-refractivity contribution in [2.45, 2.75) is 52.7 Å². The van der Waals surface area contributed by atoms with Crippen molar-refractivity contribution < 1.29 is 4.39 Å². The number of halogens is 1. The number of rotatable bonds is 3. The minimum absolute atomic E-state index is 0.159. The normalized spacial score (nSPS) is 24.9. The van der Waals surface area contributed by atoms with Crippen molar-refractivity contribution in [1.82, 2.24) is 10.2 Å². The van der Waals surface area contributed by atoms with Crippen molar-refractivity contribution in [2.24, 2.45) is 5.41 Å². The molecule has 1 saturated heterocycles. The predicted octanol–water partition coefficient (Wildman–Crippen LogP) is 3.42. The minimum atomic E-state index is -0.159. The molecular weight excluding hydrogens is 251 g/mol. The molecule has 0 spiro atoms. The lowest BCUT2D eigenvalue weighted by Gasteiger charge is -2.45. The van der Waals surface area contributed by atoms with E-state index in [2.05, 4.69) is 37.9 Å². The van der Waals surface area contributed by atoms with Crippen LogP contribution in [0.1, 0.15) is 39.7 Å². The van der Waals surface area contributed by atoms with Gasteiger partial charge in [0, 0.05) is 31.7 Å². The van der Waals surface area contributed by atoms with Crippen LogP contribution in [0.25, 0.3) is 0 Å². The topological polar surface area (TPSA) is 15.3 Å². The summed E-state index contributed by atoms with van der Waals surface area (Å²) in [6.07, 6.45) is 1.14. The fraction of sp³-hybridized carbons (Fsp3) is 0.647. The Morgan fingerprint density at radius 2 is 1.90 bits per heavy atom. The second-order valence-corrected chi connectivity index (χ2v) is 6.94. The lowest BCUT2D eigenvalue weighted by molar-refractivity contribution is 0.0775. The van der Waals surface area contributed by atoms with Crippen molar-refractivity contribution in [3.05, 3.63) is 35.6 Å². The van der Waals surface area contributed by atoms with Gasteiger partial charge in [-0.1, -0.05) is 39.8 Å². The van der Waals surface area contributed by atoms with E-state index < -0.39 is 0 Å². The Morgan fingerprint density at radius 1 is 1.25 bits per heavy atom. The third-order valence-corrected chi connectivity index (χ3v) is 4.35. The second-order valence-electron chi connectivity index (χ2n) is 6.94. The van der Waals surface area contributed by atoms with Crippen LogP contribution in [0.5, 0.6) is 0 Å². The first-order valence-electron chi connectivity index (χ1n) is 7.62. The van der Waals surface area contributed by atoms with Gasteiger partial charge in [-0.25, -0.2) is 4.39 Å². The number of hydrogen-bond donors (Lipinski definition) is 1. The molecule has 20 heavy (non-hydrogen) atoms. The van der Waals surface area contributed by atoms with Crippen LogP contribution in [-0.2, 0) is 6.54 Å². The molecule has 1 aromatic rings. The Hall–Kier alpha value is -0.930. The number of hydrogen-bond acceptors (Lipinski definition) is 2. The lowest BCUT2D eigenvalue weighted by atomic mass is 9.84. The maximum Gasteiger partial charge on any atom is 0.123 e. The van der Waals surface area contributed by atoms with E-state index in [4.69, 9.17) is 0 Å². The molecule has 2 atom stereocenters. The van der Waals surface area contributed by atoms with Crippen molar-refractivity contribution in [3.8, 4) is 0 Å². The Labute approximate surface area is 122 Å². The first-order valence-corrected chi connectivity index (χ1v) is 7.62. The number of nitrogens with zero attached hydrogens (tertiary/aromatic N) is 1. The molecular formula is C17H27FN2. The molecule has 0 radical (unpaired) electrons. The fourth-order valence-electron chi connectivity index (χ4n) is 2.86. The molecule has 1 heterocycles. The number of piperazine rings is 1. The SMILES string of the molecule is CCC1CNC(C(C)(C)C)CN1Cc1ccc(F)cc1. The molecule has 1 N–H and O–H groups in total. The summed E-state index contributed by atoms with van der Waals surface area (Å²) in [5, 5.41) is 3.68. The highest BCUT2D eigenvalue weighted by Crippen LogP contribution is 2.25. The molecule has 0 saturated carbocycles. The summed E-state index contributed by atoms with van der Waals surface area (Å²) in [7, 11) is 0. The van der Waals surface area contributed by atoms with E-state index in [0.29, 0.717) is 12.1 Å². The Bertz CT molecular complexity index is 422. The molecule has 112 valence electrons. The van der Waals surface area contributed by atoms with Gasteiger partial charge >= 0.3 is 0 Å². The molecule has 1 aliphatic heterocycles. The predicted molar refractivity (Wildman–Crippen MR) is 82.1 cm³/mol. The average Bonchev–Trinajstić information content (AvgIpc) is 2.40. The van der Waals surface area contributed by atoms with E-state index >= 15 is 0 Å². The van der Waals surface area contributed by atoms with Crippen LogP contribution in [0.15, 0.2) is 24.3 Å². The molecule has 3 heteroatoms. The van der Waals surface area contributed by atoms with Gasteiger partial charge in [0.25, 0.3) is 0 Å². The standard InChI is InChI=1S/C17H27FN2/c1-5-15-10-19-16(17(2,3)4)12-20(15)11-13-6-8-14(18)9-7-13/h6-9,15-16,19H,5,10-12H2,1-4H3. The van der Waals surface area contributed by atoms with Crippen LogP contribution < -0.4 is 5.32 Å². The van der Waals surface area contributed by atoms with Crippen LogP contribution in [0, 0.1) is 11.2 Å². The summed E-state index contributed by atoms with van der Waals surface area (Å²) in [5.41, 5.74) is 1.46. The highest BCUT2D eigenvalue weighted by molar-refractivity contribution is 5.16. The van der Waals surface area contributed by atoms with E-state index in [1.54, 1.807) is 12.1 Å². The summed E-state index contributed by atoms with van der Waals surface area (Å²) < 4.78 is 13.0. The minimum Gasteiger partial charge on any atom is -0.311 e. The van der Waals surface area contributed by atoms with Gasteiger partial charge in [-0.05, 0) is 29.5 Å². The molecule has 0 amide bonds. The van der Waals surface area contributed by atoms with Crippen molar-refractivity contribution >= 4 is 0 Å². The van der Waals surface area contributed by atoms with Gasteiger partial charge in [0.05, 0.1) is 0 Å². The summed E-state index contributed by atoms with van der Waals surface area (Å²) in [6, 6.07) is 7.98. The third kappa shape index (κ3) is 3.80. The summed E-state index contributed by atoms with van der Waals surface area (Å²) >= 11 is 0. The second kappa shape index (κ2) is 6.23. The van der Waals surface area contributed by atoms with Crippen LogP contribution in [0.4, 0.5) is 4.39 Å². The zero-order chi connectivity index (χ0) is 14.8. The highest BCUT2D eigenvalue weighted by Gasteiger charge is 2.33. The molecule has 2 rings (SSSR count). The molecule has 1 aliphatic rings. The van der Waals surface area contributed by atoms with E-state index in [1.165, 1.54) is 5.56 Å². The molecule has 0 aromatic heterocycles. The maximum atomic E-state index is 13.0. The lowest BCUT2D eigenvalue weighted by Crippen LogP contribution is -2.59. The van der Waals surface area contributed by atoms with Crippen LogP contribution in [0.2, 0.25) is 0 Å². The smallest absolute Gasteiger partial charge is 0.123 e. The van der Waals surface area contributed by atoms with Gasteiger partial charge in [0.1, 0.15) is 5.82 Å². The first-order chi connectivity index (χ1) is 9.40. The van der Waals surface area contributed by atoms with Crippen molar-refractivity contribution in [2.75, 3.05) is 13.1 Å². The molecule has 2 unspecified atom stereocenters. The van der Waals surface area contributed by atoms with Crippen LogP contribution in [0.3, 0.4) is 0 Å². The van der Waals surface area contributed by atoms with Crippen molar-refractivity contribution in [3.63, 3.8) is 0 Å². The molecule has 0 bridgehead atoms. The van der Waals surface area contributed by atoms with Gasteiger partial charge in [0.15, 0.2) is 0 Å². The monoisotopic (exact) mass is 278 g/mol. The van der Waals surface area contributed by atoms with Crippen LogP contribution >= 0.6 is 0 Å². The zero-order valence-corrected chi connectivity index (χ0v) is 13.1. The molecule has 1 fully saturated rings. The number of nitrogens with one attached hydrogen (secondary N) is 1. The number of benzene rings is 1. The summed E-state index contributed by atoms with van der Waals surface area (Å²) in [5.74, 6) is -0.159. The quantitative estimate of drug-likeness (QED) is 0.911. The third-order valence-electron chi connectivity index (χ3n) is 4.35. The largest absolute Gasteiger partial charge is 0.311 e. The zero-order valence-electron chi connectivity index (χ0n) is 13.1. The highest BCUT2D eigenvalue weighted by atomic mass is 19.1. The van der Waals surface area contributed by atoms with E-state index in [0.717, 1.165) is 26.1 Å². The molecule has 0 aliphatic carbocycles. The van der Waals surface area contributed by atoms with Gasteiger partial charge in [-0.3, -0.25) is 4.90 Å². The van der Waals surface area contributed by atoms with Crippen molar-refractivity contribution in [1.29, 1.82) is 0 Å². The molecule has 1 aromatic carbocycles. The summed E-state index contributed by atoms with van der Waals surface area (Å²) in [4.78, 5) is 2.54. The van der Waals surface area contributed by atoms with E-state index in [-0.39, 0.29) is 11.2 Å².